The van der Waals surface area contributed by atoms with Crippen molar-refractivity contribution in [1.29, 1.82) is 0 Å². The molecule has 0 amide bonds. The summed E-state index contributed by atoms with van der Waals surface area (Å²) in [5.41, 5.74) is 17.5. The van der Waals surface area contributed by atoms with E-state index in [0.717, 1.165) is 77.8 Å². The Morgan fingerprint density at radius 1 is 0.297 bits per heavy atom. The molecule has 0 unspecified atom stereocenters. The molecule has 74 heavy (non-hydrogen) atoms. The van der Waals surface area contributed by atoms with E-state index in [-0.39, 0.29) is 35.4 Å². The Balaban J connectivity index is 0.897. The summed E-state index contributed by atoms with van der Waals surface area (Å²) in [7, 11) is 0. The summed E-state index contributed by atoms with van der Waals surface area (Å²) in [6.45, 7) is 0. The molecule has 1 heterocycles. The molecule has 2 aliphatic rings. The molecular formula is C71H47N3. The van der Waals surface area contributed by atoms with Crippen LogP contribution in [0.25, 0.3) is 71.6 Å². The molecule has 2 aliphatic carbocycles. The first kappa shape index (κ1) is 38.0. The van der Waals surface area contributed by atoms with Gasteiger partial charge in [-0.2, -0.15) is 0 Å². The van der Waals surface area contributed by atoms with Gasteiger partial charge in [0.25, 0.3) is 0 Å². The van der Waals surface area contributed by atoms with Crippen molar-refractivity contribution in [3.8, 4) is 39.1 Å². The lowest BCUT2D eigenvalue weighted by Gasteiger charge is -2.32. The molecule has 3 nitrogen and oxygen atoms in total. The van der Waals surface area contributed by atoms with Crippen LogP contribution >= 0.6 is 0 Å². The molecular weight excluding hydrogens is 895 g/mol. The zero-order chi connectivity index (χ0) is 52.2. The molecule has 3 heteroatoms. The van der Waals surface area contributed by atoms with Gasteiger partial charge in [-0.15, -0.1) is 0 Å². The summed E-state index contributed by atoms with van der Waals surface area (Å²) in [6, 6.07) is 90.1. The highest BCUT2D eigenvalue weighted by molar-refractivity contribution is 6.12. The molecule has 0 bridgehead atoms. The second kappa shape index (κ2) is 16.7. The van der Waals surface area contributed by atoms with Crippen LogP contribution in [0.4, 0.5) is 34.1 Å². The van der Waals surface area contributed by atoms with E-state index in [1.807, 2.05) is 71.6 Å². The van der Waals surface area contributed by atoms with E-state index >= 15 is 0 Å². The lowest BCUT2D eigenvalue weighted by Crippen LogP contribution is -2.26. The van der Waals surface area contributed by atoms with Crippen molar-refractivity contribution in [2.24, 2.45) is 0 Å². The molecule has 13 aromatic rings. The van der Waals surface area contributed by atoms with Crippen LogP contribution in [0, 0.1) is 0 Å². The first-order chi connectivity index (χ1) is 38.4. The monoisotopic (exact) mass is 945 g/mol. The summed E-state index contributed by atoms with van der Waals surface area (Å²) in [5.74, 6) is 0. The predicted molar refractivity (Wildman–Crippen MR) is 309 cm³/mol. The first-order valence-electron chi connectivity index (χ1n) is 27.3. The standard InChI is InChI=1S/C71H47N3/c1-4-20-49(21-5-1)72(54-42-44-60-59-28-12-16-35-66(59)71(67(60)47-54)64-33-14-10-26-57(64)58-27-11-15-34-65(58)71)52-40-38-48(39-41-52)55-30-18-32-61-56(55)31-19-37-68(61)73(50-22-6-2-7-23-50)53-43-45-70-63(46-53)62-29-13-17-36-69(62)74(70)51-24-8-3-9-25-51/h1-47H/i38D,39D,40D,41D. The van der Waals surface area contributed by atoms with E-state index in [0.29, 0.717) is 5.56 Å². The van der Waals surface area contributed by atoms with Gasteiger partial charge >= 0.3 is 0 Å². The number of hydrogen-bond acceptors (Lipinski definition) is 2. The van der Waals surface area contributed by atoms with E-state index < -0.39 is 5.41 Å². The van der Waals surface area contributed by atoms with Crippen LogP contribution in [0.2, 0.25) is 0 Å². The zero-order valence-corrected chi connectivity index (χ0v) is 40.2. The Morgan fingerprint density at radius 3 is 1.46 bits per heavy atom. The zero-order valence-electron chi connectivity index (χ0n) is 44.2. The van der Waals surface area contributed by atoms with Gasteiger partial charge in [0.2, 0.25) is 0 Å². The van der Waals surface area contributed by atoms with Crippen molar-refractivity contribution >= 4 is 66.7 Å². The highest BCUT2D eigenvalue weighted by atomic mass is 15.1. The Morgan fingerprint density at radius 2 is 0.784 bits per heavy atom. The smallest absolute Gasteiger partial charge is 0.0726 e. The summed E-state index contributed by atoms with van der Waals surface area (Å²) in [6.07, 6.45) is 0. The third-order valence-electron chi connectivity index (χ3n) is 15.4. The predicted octanol–water partition coefficient (Wildman–Crippen LogP) is 18.9. The second-order valence-electron chi connectivity index (χ2n) is 19.2. The normalized spacial score (nSPS) is 13.5. The van der Waals surface area contributed by atoms with Gasteiger partial charge in [-0.25, -0.2) is 0 Å². The maximum atomic E-state index is 10.0. The molecule has 0 saturated heterocycles. The number of hydrogen-bond donors (Lipinski definition) is 0. The van der Waals surface area contributed by atoms with Gasteiger partial charge in [0.15, 0.2) is 0 Å². The molecule has 0 aliphatic heterocycles. The van der Waals surface area contributed by atoms with Crippen LogP contribution in [0.1, 0.15) is 27.7 Å². The van der Waals surface area contributed by atoms with Crippen LogP contribution in [-0.4, -0.2) is 4.57 Å². The van der Waals surface area contributed by atoms with Gasteiger partial charge in [0, 0.05) is 50.3 Å². The average Bonchev–Trinajstić information content (AvgIpc) is 4.17. The Hall–Kier alpha value is -9.70. The minimum Gasteiger partial charge on any atom is -0.310 e. The van der Waals surface area contributed by atoms with E-state index in [1.165, 1.54) is 33.4 Å². The number of rotatable bonds is 8. The molecule has 12 aromatic carbocycles. The third-order valence-corrected chi connectivity index (χ3v) is 15.4. The summed E-state index contributed by atoms with van der Waals surface area (Å²) in [4.78, 5) is 4.19. The van der Waals surface area contributed by atoms with Crippen molar-refractivity contribution in [1.82, 2.24) is 4.57 Å². The lowest BCUT2D eigenvalue weighted by molar-refractivity contribution is 0.793. The molecule has 0 saturated carbocycles. The number of fused-ring (bicyclic) bond motifs is 14. The topological polar surface area (TPSA) is 11.4 Å². The minimum absolute atomic E-state index is 0.117. The molecule has 0 radical (unpaired) electrons. The quantitative estimate of drug-likeness (QED) is 0.150. The number of aromatic nitrogens is 1. The molecule has 0 N–H and O–H groups in total. The highest BCUT2D eigenvalue weighted by Gasteiger charge is 2.51. The maximum Gasteiger partial charge on any atom is 0.0726 e. The highest BCUT2D eigenvalue weighted by Crippen LogP contribution is 2.63. The van der Waals surface area contributed by atoms with Gasteiger partial charge in [-0.3, -0.25) is 0 Å². The van der Waals surface area contributed by atoms with Crippen LogP contribution in [-0.2, 0) is 5.41 Å². The number of anilines is 6. The lowest BCUT2D eigenvalue weighted by atomic mass is 9.70. The van der Waals surface area contributed by atoms with Crippen LogP contribution in [0.15, 0.2) is 285 Å². The average molecular weight is 946 g/mol. The van der Waals surface area contributed by atoms with E-state index in [9.17, 15) is 5.48 Å². The largest absolute Gasteiger partial charge is 0.310 e. The number of benzene rings is 12. The molecule has 1 aromatic heterocycles. The molecule has 15 rings (SSSR count). The van der Waals surface area contributed by atoms with Crippen molar-refractivity contribution in [2.45, 2.75) is 5.41 Å². The summed E-state index contributed by atoms with van der Waals surface area (Å²) >= 11 is 0. The van der Waals surface area contributed by atoms with Crippen molar-refractivity contribution in [3.05, 3.63) is 307 Å². The van der Waals surface area contributed by atoms with Gasteiger partial charge in [-0.05, 0) is 152 Å². The van der Waals surface area contributed by atoms with Crippen molar-refractivity contribution in [2.75, 3.05) is 9.80 Å². The molecule has 0 atom stereocenters. The van der Waals surface area contributed by atoms with Gasteiger partial charge in [-0.1, -0.05) is 194 Å². The third kappa shape index (κ3) is 6.20. The molecule has 346 valence electrons. The number of para-hydroxylation sites is 4. The fourth-order valence-corrected chi connectivity index (χ4v) is 12.4. The van der Waals surface area contributed by atoms with Gasteiger partial charge < -0.3 is 14.4 Å². The molecule has 1 spiro atoms. The fourth-order valence-electron chi connectivity index (χ4n) is 12.4. The van der Waals surface area contributed by atoms with Gasteiger partial charge in [0.05, 0.1) is 27.6 Å². The minimum atomic E-state index is -0.616. The van der Waals surface area contributed by atoms with Crippen LogP contribution < -0.4 is 9.80 Å². The van der Waals surface area contributed by atoms with E-state index in [2.05, 4.69) is 204 Å². The summed E-state index contributed by atoms with van der Waals surface area (Å²) in [5, 5.41) is 3.99. The Bertz CT molecular complexity index is 4480. The van der Waals surface area contributed by atoms with E-state index in [4.69, 9.17) is 0 Å². The first-order valence-corrected chi connectivity index (χ1v) is 25.3. The van der Waals surface area contributed by atoms with Crippen LogP contribution in [0.5, 0.6) is 0 Å². The SMILES string of the molecule is [2H]c1c([2H])c(N(c2ccccc2)c2ccc3c(c2)C2(c4ccccc4-c4ccccc42)c2ccccc2-3)c([2H])c([2H])c1-c1cccc2c(N(c3ccccc3)c3ccc4c(c3)c3ccccc3n4-c3ccccc3)cccc12. The van der Waals surface area contributed by atoms with E-state index in [1.54, 1.807) is 0 Å². The fraction of sp³-hybridized carbons (Fsp3) is 0.0141. The Labute approximate surface area is 436 Å². The Kier molecular flexibility index (Phi) is 8.58. The van der Waals surface area contributed by atoms with Gasteiger partial charge in [0.1, 0.15) is 0 Å². The van der Waals surface area contributed by atoms with Crippen molar-refractivity contribution < 1.29 is 5.48 Å². The number of nitrogens with zero attached hydrogens (tertiary/aromatic N) is 3. The van der Waals surface area contributed by atoms with Crippen molar-refractivity contribution in [3.63, 3.8) is 0 Å². The van der Waals surface area contributed by atoms with Crippen LogP contribution in [0.3, 0.4) is 0 Å². The second-order valence-corrected chi connectivity index (χ2v) is 19.2. The molecule has 0 fully saturated rings. The summed E-state index contributed by atoms with van der Waals surface area (Å²) < 4.78 is 42.4. The maximum absolute atomic E-state index is 10.0.